The van der Waals surface area contributed by atoms with Gasteiger partial charge in [-0.15, -0.1) is 0 Å². The monoisotopic (exact) mass is 281 g/mol. The second-order valence-corrected chi connectivity index (χ2v) is 5.50. The summed E-state index contributed by atoms with van der Waals surface area (Å²) >= 11 is 0. The number of hydrogen-bond acceptors (Lipinski definition) is 2. The van der Waals surface area contributed by atoms with Crippen molar-refractivity contribution >= 4 is 11.6 Å². The Hall–Kier alpha value is -2.29. The molecule has 3 rings (SSSR count). The summed E-state index contributed by atoms with van der Waals surface area (Å²) in [5.74, 6) is 1.46. The first kappa shape index (κ1) is 13.7. The maximum Gasteiger partial charge on any atom is 0.255 e. The van der Waals surface area contributed by atoms with Gasteiger partial charge >= 0.3 is 0 Å². The molecule has 1 aliphatic carbocycles. The Kier molecular flexibility index (Phi) is 3.91. The number of rotatable bonds is 5. The van der Waals surface area contributed by atoms with E-state index < -0.39 is 0 Å². The second kappa shape index (κ2) is 6.00. The molecule has 0 saturated heterocycles. The minimum atomic E-state index is -0.101. The third kappa shape index (κ3) is 3.63. The van der Waals surface area contributed by atoms with E-state index in [0.717, 1.165) is 11.4 Å². The summed E-state index contributed by atoms with van der Waals surface area (Å²) in [6.07, 6.45) is 2.81. The zero-order valence-corrected chi connectivity index (χ0v) is 12.1. The Morgan fingerprint density at radius 1 is 1.10 bits per heavy atom. The Bertz CT molecular complexity index is 603. The molecule has 3 heteroatoms. The average Bonchev–Trinajstić information content (AvgIpc) is 3.35. The van der Waals surface area contributed by atoms with Crippen LogP contribution in [-0.4, -0.2) is 12.0 Å². The quantitative estimate of drug-likeness (QED) is 0.895. The van der Waals surface area contributed by atoms with Crippen LogP contribution in [0.1, 0.15) is 30.1 Å². The lowest BCUT2D eigenvalue weighted by Gasteiger charge is -2.14. The molecule has 1 unspecified atom stereocenters. The van der Waals surface area contributed by atoms with Crippen LogP contribution < -0.4 is 10.1 Å². The number of ether oxygens (including phenoxy) is 1. The molecule has 0 aromatic heterocycles. The number of benzene rings is 2. The van der Waals surface area contributed by atoms with Crippen molar-refractivity contribution in [2.75, 3.05) is 5.32 Å². The predicted molar refractivity (Wildman–Crippen MR) is 83.7 cm³/mol. The number of amides is 1. The average molecular weight is 281 g/mol. The van der Waals surface area contributed by atoms with E-state index in [2.05, 4.69) is 12.2 Å². The fourth-order valence-electron chi connectivity index (χ4n) is 2.29. The highest BCUT2D eigenvalue weighted by Crippen LogP contribution is 2.34. The highest BCUT2D eigenvalue weighted by atomic mass is 16.5. The zero-order chi connectivity index (χ0) is 14.7. The molecule has 0 heterocycles. The predicted octanol–water partition coefficient (Wildman–Crippen LogP) is 4.12. The van der Waals surface area contributed by atoms with Gasteiger partial charge in [0.25, 0.3) is 5.91 Å². The van der Waals surface area contributed by atoms with Crippen molar-refractivity contribution in [1.82, 2.24) is 0 Å². The van der Waals surface area contributed by atoms with E-state index in [0.29, 0.717) is 11.5 Å². The Morgan fingerprint density at radius 2 is 1.76 bits per heavy atom. The molecule has 1 aliphatic rings. The maximum atomic E-state index is 12.0. The summed E-state index contributed by atoms with van der Waals surface area (Å²) in [7, 11) is 0. The van der Waals surface area contributed by atoms with Crippen LogP contribution in [0.3, 0.4) is 0 Å². The van der Waals surface area contributed by atoms with Crippen molar-refractivity contribution in [3.63, 3.8) is 0 Å². The zero-order valence-electron chi connectivity index (χ0n) is 12.1. The van der Waals surface area contributed by atoms with E-state index in [1.807, 2.05) is 42.5 Å². The molecule has 3 nitrogen and oxygen atoms in total. The summed E-state index contributed by atoms with van der Waals surface area (Å²) in [5.41, 5.74) is 1.43. The summed E-state index contributed by atoms with van der Waals surface area (Å²) in [4.78, 5) is 12.0. The normalized spacial score (nSPS) is 15.3. The van der Waals surface area contributed by atoms with Gasteiger partial charge in [-0.25, -0.2) is 0 Å². The van der Waals surface area contributed by atoms with Gasteiger partial charge in [-0.3, -0.25) is 4.79 Å². The first-order chi connectivity index (χ1) is 10.2. The van der Waals surface area contributed by atoms with Crippen LogP contribution in [0.4, 0.5) is 5.69 Å². The molecular formula is C18H19NO2. The molecule has 2 aromatic rings. The summed E-state index contributed by atoms with van der Waals surface area (Å²) in [5, 5.41) is 2.88. The molecule has 0 bridgehead atoms. The molecule has 1 amide bonds. The van der Waals surface area contributed by atoms with E-state index in [9.17, 15) is 4.79 Å². The van der Waals surface area contributed by atoms with E-state index in [4.69, 9.17) is 4.74 Å². The smallest absolute Gasteiger partial charge is 0.255 e. The van der Waals surface area contributed by atoms with Crippen molar-refractivity contribution in [2.45, 2.75) is 25.9 Å². The molecular weight excluding hydrogens is 262 g/mol. The molecule has 0 radical (unpaired) electrons. The van der Waals surface area contributed by atoms with Gasteiger partial charge in [0.1, 0.15) is 5.75 Å². The van der Waals surface area contributed by atoms with Crippen molar-refractivity contribution < 1.29 is 9.53 Å². The number of nitrogens with one attached hydrogen (secondary N) is 1. The molecule has 1 N–H and O–H groups in total. The van der Waals surface area contributed by atoms with Crippen molar-refractivity contribution in [1.29, 1.82) is 0 Å². The largest absolute Gasteiger partial charge is 0.490 e. The van der Waals surface area contributed by atoms with Gasteiger partial charge in [0.05, 0.1) is 6.10 Å². The van der Waals surface area contributed by atoms with Crippen LogP contribution in [0.25, 0.3) is 0 Å². The number of carbonyl (C=O) groups is 1. The third-order valence-electron chi connectivity index (χ3n) is 3.76. The van der Waals surface area contributed by atoms with Gasteiger partial charge in [-0.05, 0) is 62.1 Å². The fourth-order valence-corrected chi connectivity index (χ4v) is 2.29. The van der Waals surface area contributed by atoms with Crippen LogP contribution in [0.2, 0.25) is 0 Å². The van der Waals surface area contributed by atoms with Crippen LogP contribution in [0, 0.1) is 5.92 Å². The van der Waals surface area contributed by atoms with Gasteiger partial charge in [-0.1, -0.05) is 18.2 Å². The van der Waals surface area contributed by atoms with Gasteiger partial charge in [0.2, 0.25) is 0 Å². The van der Waals surface area contributed by atoms with E-state index in [1.54, 1.807) is 12.1 Å². The van der Waals surface area contributed by atoms with Crippen LogP contribution in [0.15, 0.2) is 54.6 Å². The van der Waals surface area contributed by atoms with Crippen LogP contribution >= 0.6 is 0 Å². The SMILES string of the molecule is CC(Oc1ccc(NC(=O)c2ccccc2)cc1)C1CC1. The molecule has 108 valence electrons. The van der Waals surface area contributed by atoms with E-state index in [1.165, 1.54) is 12.8 Å². The first-order valence-corrected chi connectivity index (χ1v) is 7.35. The Balaban J connectivity index is 1.60. The number of anilines is 1. The lowest BCUT2D eigenvalue weighted by atomic mass is 10.2. The lowest BCUT2D eigenvalue weighted by molar-refractivity contribution is 0.102. The van der Waals surface area contributed by atoms with Crippen molar-refractivity contribution in [3.8, 4) is 5.75 Å². The third-order valence-corrected chi connectivity index (χ3v) is 3.76. The molecule has 0 spiro atoms. The second-order valence-electron chi connectivity index (χ2n) is 5.50. The van der Waals surface area contributed by atoms with E-state index >= 15 is 0 Å². The maximum absolute atomic E-state index is 12.0. The highest BCUT2D eigenvalue weighted by Gasteiger charge is 2.29. The lowest BCUT2D eigenvalue weighted by Crippen LogP contribution is -2.14. The fraction of sp³-hybridized carbons (Fsp3) is 0.278. The first-order valence-electron chi connectivity index (χ1n) is 7.35. The van der Waals surface area contributed by atoms with Gasteiger partial charge in [-0.2, -0.15) is 0 Å². The van der Waals surface area contributed by atoms with E-state index in [-0.39, 0.29) is 12.0 Å². The molecule has 0 aliphatic heterocycles. The van der Waals surface area contributed by atoms with Crippen molar-refractivity contribution in [3.05, 3.63) is 60.2 Å². The molecule has 1 fully saturated rings. The number of hydrogen-bond donors (Lipinski definition) is 1. The molecule has 2 aromatic carbocycles. The van der Waals surface area contributed by atoms with Gasteiger partial charge in [0.15, 0.2) is 0 Å². The van der Waals surface area contributed by atoms with Crippen LogP contribution in [-0.2, 0) is 0 Å². The minimum Gasteiger partial charge on any atom is -0.490 e. The molecule has 1 atom stereocenters. The highest BCUT2D eigenvalue weighted by molar-refractivity contribution is 6.04. The summed E-state index contributed by atoms with van der Waals surface area (Å²) in [6, 6.07) is 16.7. The molecule has 21 heavy (non-hydrogen) atoms. The Labute approximate surface area is 124 Å². The summed E-state index contributed by atoms with van der Waals surface area (Å²) < 4.78 is 5.87. The van der Waals surface area contributed by atoms with Gasteiger partial charge < -0.3 is 10.1 Å². The summed E-state index contributed by atoms with van der Waals surface area (Å²) in [6.45, 7) is 2.11. The Morgan fingerprint density at radius 3 is 2.38 bits per heavy atom. The minimum absolute atomic E-state index is 0.101. The topological polar surface area (TPSA) is 38.3 Å². The van der Waals surface area contributed by atoms with Gasteiger partial charge in [0, 0.05) is 11.3 Å². The van der Waals surface area contributed by atoms with Crippen molar-refractivity contribution in [2.24, 2.45) is 5.92 Å². The molecule has 1 saturated carbocycles. The van der Waals surface area contributed by atoms with Crippen LogP contribution in [0.5, 0.6) is 5.75 Å². The number of carbonyl (C=O) groups excluding carboxylic acids is 1. The standard InChI is InChI=1S/C18H19NO2/c1-13(14-7-8-14)21-17-11-9-16(10-12-17)19-18(20)15-5-3-2-4-6-15/h2-6,9-14H,7-8H2,1H3,(H,19,20).